The Morgan fingerprint density at radius 2 is 2.08 bits per heavy atom. The molecule has 1 atom stereocenters. The van der Waals surface area contributed by atoms with Crippen LogP contribution in [0.1, 0.15) is 46.0 Å². The van der Waals surface area contributed by atoms with E-state index in [0.29, 0.717) is 22.6 Å². The van der Waals surface area contributed by atoms with E-state index < -0.39 is 0 Å². The van der Waals surface area contributed by atoms with Crippen molar-refractivity contribution >= 4 is 29.0 Å². The highest BCUT2D eigenvalue weighted by atomic mass is 32.1. The number of aromatic amines is 1. The molecule has 2 aromatic rings. The first-order valence-corrected chi connectivity index (χ1v) is 9.46. The van der Waals surface area contributed by atoms with E-state index in [4.69, 9.17) is 12.2 Å². The summed E-state index contributed by atoms with van der Waals surface area (Å²) in [5.74, 6) is 0.486. The lowest BCUT2D eigenvalue weighted by molar-refractivity contribution is -0.121. The van der Waals surface area contributed by atoms with Crippen LogP contribution in [0.3, 0.4) is 0 Å². The molecule has 25 heavy (non-hydrogen) atoms. The normalized spacial score (nSPS) is 12.2. The zero-order valence-electron chi connectivity index (χ0n) is 15.0. The van der Waals surface area contributed by atoms with Crippen molar-refractivity contribution in [1.82, 2.24) is 14.9 Å². The van der Waals surface area contributed by atoms with Crippen LogP contribution in [0.2, 0.25) is 0 Å². The molecule has 136 valence electrons. The topological polar surface area (TPSA) is 66.9 Å². The van der Waals surface area contributed by atoms with Gasteiger partial charge in [0.1, 0.15) is 0 Å². The number of amides is 1. The fraction of sp³-hybridized carbons (Fsp3) is 0.526. The molecular weight excluding hydrogens is 334 g/mol. The molecule has 0 bridgehead atoms. The van der Waals surface area contributed by atoms with E-state index in [9.17, 15) is 9.59 Å². The highest BCUT2D eigenvalue weighted by Gasteiger charge is 2.10. The summed E-state index contributed by atoms with van der Waals surface area (Å²) < 4.78 is 1.82. The lowest BCUT2D eigenvalue weighted by Gasteiger charge is -2.15. The molecule has 1 heterocycles. The van der Waals surface area contributed by atoms with Crippen molar-refractivity contribution in [2.24, 2.45) is 5.92 Å². The Bertz CT molecular complexity index is 825. The number of hydrogen-bond donors (Lipinski definition) is 2. The number of carbonyl (C=O) groups excluding carboxylic acids is 1. The van der Waals surface area contributed by atoms with Crippen molar-refractivity contribution in [3.8, 4) is 0 Å². The third-order valence-electron chi connectivity index (χ3n) is 4.58. The van der Waals surface area contributed by atoms with Crippen LogP contribution in [0.4, 0.5) is 0 Å². The van der Waals surface area contributed by atoms with Gasteiger partial charge in [-0.25, -0.2) is 0 Å². The number of hydrogen-bond acceptors (Lipinski definition) is 3. The zero-order chi connectivity index (χ0) is 18.2. The molecule has 6 heteroatoms. The molecule has 0 aliphatic rings. The van der Waals surface area contributed by atoms with Gasteiger partial charge in [-0.1, -0.05) is 45.2 Å². The predicted molar refractivity (Wildman–Crippen MR) is 104 cm³/mol. The van der Waals surface area contributed by atoms with Crippen molar-refractivity contribution in [2.45, 2.75) is 52.5 Å². The number of unbranched alkanes of at least 4 members (excludes halogenated alkanes) is 1. The molecule has 0 aliphatic carbocycles. The van der Waals surface area contributed by atoms with Gasteiger partial charge in [-0.3, -0.25) is 14.2 Å². The highest BCUT2D eigenvalue weighted by Crippen LogP contribution is 2.11. The number of nitrogens with one attached hydrogen (secondary N) is 2. The number of carbonyl (C=O) groups is 1. The monoisotopic (exact) mass is 361 g/mol. The minimum Gasteiger partial charge on any atom is -0.356 e. The average Bonchev–Trinajstić information content (AvgIpc) is 2.61. The van der Waals surface area contributed by atoms with Gasteiger partial charge in [-0.15, -0.1) is 0 Å². The highest BCUT2D eigenvalue weighted by molar-refractivity contribution is 7.71. The first kappa shape index (κ1) is 19.4. The third-order valence-corrected chi connectivity index (χ3v) is 4.91. The smallest absolute Gasteiger partial charge is 0.262 e. The molecule has 5 nitrogen and oxygen atoms in total. The molecule has 0 saturated carbocycles. The summed E-state index contributed by atoms with van der Waals surface area (Å²) in [5, 5.41) is 3.58. The SMILES string of the molecule is CCCCC(CC)CNC(=O)CCn1c(=S)[nH]c2ccccc2c1=O. The minimum absolute atomic E-state index is 0.0376. The number of H-pyrrole nitrogens is 1. The molecule has 0 spiro atoms. The van der Waals surface area contributed by atoms with Crippen LogP contribution >= 0.6 is 12.2 Å². The molecule has 1 aromatic carbocycles. The van der Waals surface area contributed by atoms with E-state index in [0.717, 1.165) is 18.4 Å². The number of rotatable bonds is 9. The number of benzene rings is 1. The van der Waals surface area contributed by atoms with E-state index in [-0.39, 0.29) is 24.4 Å². The molecule has 1 amide bonds. The van der Waals surface area contributed by atoms with Gasteiger partial charge in [0.05, 0.1) is 10.9 Å². The maximum absolute atomic E-state index is 12.5. The molecule has 2 N–H and O–H groups in total. The fourth-order valence-electron chi connectivity index (χ4n) is 2.91. The zero-order valence-corrected chi connectivity index (χ0v) is 15.8. The molecule has 1 aromatic heterocycles. The largest absolute Gasteiger partial charge is 0.356 e. The van der Waals surface area contributed by atoms with E-state index in [1.54, 1.807) is 6.07 Å². The van der Waals surface area contributed by atoms with Gasteiger partial charge >= 0.3 is 0 Å². The van der Waals surface area contributed by atoms with Crippen LogP contribution in [0.5, 0.6) is 0 Å². The summed E-state index contributed by atoms with van der Waals surface area (Å²) in [6.45, 7) is 5.32. The first-order valence-electron chi connectivity index (χ1n) is 9.05. The molecule has 0 fully saturated rings. The van der Waals surface area contributed by atoms with Crippen LogP contribution < -0.4 is 10.9 Å². The van der Waals surface area contributed by atoms with Gasteiger partial charge in [0.15, 0.2) is 4.77 Å². The Hall–Kier alpha value is -1.95. The van der Waals surface area contributed by atoms with Crippen LogP contribution in [0.15, 0.2) is 29.1 Å². The van der Waals surface area contributed by atoms with E-state index >= 15 is 0 Å². The predicted octanol–water partition coefficient (Wildman–Crippen LogP) is 3.78. The lowest BCUT2D eigenvalue weighted by atomic mass is 9.99. The Kier molecular flexibility index (Phi) is 7.37. The van der Waals surface area contributed by atoms with Gasteiger partial charge in [-0.05, 0) is 36.7 Å². The summed E-state index contributed by atoms with van der Waals surface area (Å²) in [7, 11) is 0. The van der Waals surface area contributed by atoms with Gasteiger partial charge in [0, 0.05) is 19.5 Å². The first-order chi connectivity index (χ1) is 12.1. The van der Waals surface area contributed by atoms with E-state index in [2.05, 4.69) is 24.1 Å². The molecule has 0 aliphatic heterocycles. The van der Waals surface area contributed by atoms with Crippen molar-refractivity contribution < 1.29 is 4.79 Å². The van der Waals surface area contributed by atoms with Crippen molar-refractivity contribution in [3.63, 3.8) is 0 Å². The maximum atomic E-state index is 12.5. The van der Waals surface area contributed by atoms with Crippen molar-refractivity contribution in [2.75, 3.05) is 6.54 Å². The Labute approximate surface area is 153 Å². The Balaban J connectivity index is 1.97. The number of para-hydroxylation sites is 1. The average molecular weight is 362 g/mol. The summed E-state index contributed by atoms with van der Waals surface area (Å²) in [4.78, 5) is 27.7. The number of fused-ring (bicyclic) bond motifs is 1. The summed E-state index contributed by atoms with van der Waals surface area (Å²) >= 11 is 5.27. The lowest BCUT2D eigenvalue weighted by Crippen LogP contribution is -2.31. The quantitative estimate of drug-likeness (QED) is 0.668. The van der Waals surface area contributed by atoms with Crippen LogP contribution in [-0.2, 0) is 11.3 Å². The van der Waals surface area contributed by atoms with E-state index in [1.165, 1.54) is 17.4 Å². The molecule has 1 unspecified atom stereocenters. The second-order valence-corrected chi connectivity index (χ2v) is 6.79. The minimum atomic E-state index is -0.151. The Morgan fingerprint density at radius 1 is 1.32 bits per heavy atom. The number of aromatic nitrogens is 2. The van der Waals surface area contributed by atoms with Crippen LogP contribution in [0, 0.1) is 10.7 Å². The van der Waals surface area contributed by atoms with Gasteiger partial charge < -0.3 is 10.3 Å². The van der Waals surface area contributed by atoms with Crippen molar-refractivity contribution in [3.05, 3.63) is 39.4 Å². The molecule has 0 radical (unpaired) electrons. The number of nitrogens with zero attached hydrogens (tertiary/aromatic N) is 1. The standard InChI is InChI=1S/C19H27N3O2S/c1-3-5-8-14(4-2)13-20-17(23)11-12-22-18(24)15-9-6-7-10-16(15)21-19(22)25/h6-7,9-10,14H,3-5,8,11-13H2,1-2H3,(H,20,23)(H,21,25). The summed E-state index contributed by atoms with van der Waals surface area (Å²) in [5.41, 5.74) is 0.571. The second kappa shape index (κ2) is 9.51. The summed E-state index contributed by atoms with van der Waals surface area (Å²) in [6, 6.07) is 7.26. The molecule has 0 saturated heterocycles. The van der Waals surface area contributed by atoms with Crippen molar-refractivity contribution in [1.29, 1.82) is 0 Å². The summed E-state index contributed by atoms with van der Waals surface area (Å²) in [6.07, 6.45) is 4.82. The Morgan fingerprint density at radius 3 is 2.80 bits per heavy atom. The van der Waals surface area contributed by atoms with E-state index in [1.807, 2.05) is 18.2 Å². The van der Waals surface area contributed by atoms with Crippen LogP contribution in [-0.4, -0.2) is 22.0 Å². The van der Waals surface area contributed by atoms with Gasteiger partial charge in [-0.2, -0.15) is 0 Å². The maximum Gasteiger partial charge on any atom is 0.262 e. The van der Waals surface area contributed by atoms with Gasteiger partial charge in [0.25, 0.3) is 5.56 Å². The van der Waals surface area contributed by atoms with Gasteiger partial charge in [0.2, 0.25) is 5.91 Å². The molecule has 2 rings (SSSR count). The van der Waals surface area contributed by atoms with Crippen LogP contribution in [0.25, 0.3) is 10.9 Å². The fourth-order valence-corrected chi connectivity index (χ4v) is 3.19. The second-order valence-electron chi connectivity index (χ2n) is 6.40. The third kappa shape index (κ3) is 5.26. The molecular formula is C19H27N3O2S.